The first-order valence-corrected chi connectivity index (χ1v) is 13.9. The molecule has 0 aliphatic carbocycles. The van der Waals surface area contributed by atoms with Crippen molar-refractivity contribution in [3.8, 4) is 0 Å². The molecule has 0 radical (unpaired) electrons. The van der Waals surface area contributed by atoms with Gasteiger partial charge in [0.25, 0.3) is 0 Å². The summed E-state index contributed by atoms with van der Waals surface area (Å²) in [7, 11) is 0. The molecule has 35 heavy (non-hydrogen) atoms. The number of carbonyl (C=O) groups is 3. The predicted octanol–water partition coefficient (Wildman–Crippen LogP) is 0.530. The Morgan fingerprint density at radius 2 is 1.91 bits per heavy atom. The van der Waals surface area contributed by atoms with Crippen LogP contribution in [0.25, 0.3) is 0 Å². The summed E-state index contributed by atoms with van der Waals surface area (Å²) in [5.41, 5.74) is 0.681. The summed E-state index contributed by atoms with van der Waals surface area (Å²) in [6, 6.07) is 8.49. The first-order valence-electron chi connectivity index (χ1n) is 12.1. The maximum Gasteiger partial charge on any atom is 0.244 e. The Balaban J connectivity index is 1.36. The number of halogens is 1. The minimum absolute atomic E-state index is 0.0146. The maximum absolute atomic E-state index is 13.7. The van der Waals surface area contributed by atoms with Crippen molar-refractivity contribution in [3.05, 3.63) is 30.3 Å². The number of aliphatic hydroxyl groups is 1. The smallest absolute Gasteiger partial charge is 0.244 e. The molecular weight excluding hydrogens is 536 g/mol. The van der Waals surface area contributed by atoms with E-state index in [2.05, 4.69) is 31.5 Å². The van der Waals surface area contributed by atoms with Gasteiger partial charge in [0.1, 0.15) is 6.04 Å². The van der Waals surface area contributed by atoms with Crippen LogP contribution in [-0.2, 0) is 19.1 Å². The van der Waals surface area contributed by atoms with Gasteiger partial charge < -0.3 is 25.4 Å². The number of hydrogen-bond acceptors (Lipinski definition) is 7. The second-order valence-electron chi connectivity index (χ2n) is 9.52. The Labute approximate surface area is 217 Å². The molecule has 1 aromatic carbocycles. The molecule has 4 saturated heterocycles. The molecule has 3 unspecified atom stereocenters. The van der Waals surface area contributed by atoms with Gasteiger partial charge in [0.05, 0.1) is 36.4 Å². The molecule has 0 aromatic heterocycles. The molecule has 0 saturated carbocycles. The van der Waals surface area contributed by atoms with Crippen LogP contribution in [0.3, 0.4) is 0 Å². The van der Waals surface area contributed by atoms with Crippen LogP contribution in [0.1, 0.15) is 6.42 Å². The van der Waals surface area contributed by atoms with E-state index in [1.807, 2.05) is 30.3 Å². The van der Waals surface area contributed by atoms with E-state index >= 15 is 0 Å². The molecule has 2 bridgehead atoms. The van der Waals surface area contributed by atoms with Gasteiger partial charge in [0.2, 0.25) is 17.7 Å². The summed E-state index contributed by atoms with van der Waals surface area (Å²) in [4.78, 5) is 44.4. The summed E-state index contributed by atoms with van der Waals surface area (Å²) in [5, 5.41) is 15.6. The highest BCUT2D eigenvalue weighted by molar-refractivity contribution is 9.09. The summed E-state index contributed by atoms with van der Waals surface area (Å²) < 4.78 is 4.68. The number of rotatable bonds is 8. The van der Waals surface area contributed by atoms with Crippen molar-refractivity contribution < 1.29 is 24.2 Å². The molecule has 5 rings (SSSR count). The van der Waals surface area contributed by atoms with Gasteiger partial charge in [-0.2, -0.15) is 0 Å². The van der Waals surface area contributed by atoms with E-state index in [1.165, 1.54) is 4.90 Å². The highest BCUT2D eigenvalue weighted by atomic mass is 79.9. The van der Waals surface area contributed by atoms with Gasteiger partial charge in [-0.1, -0.05) is 34.1 Å². The molecule has 4 fully saturated rings. The number of fused-ring (bicyclic) bond motifs is 1. The van der Waals surface area contributed by atoms with Crippen LogP contribution in [0.15, 0.2) is 30.3 Å². The number of nitrogens with one attached hydrogen (secondary N) is 2. The number of benzene rings is 1. The van der Waals surface area contributed by atoms with E-state index in [9.17, 15) is 19.5 Å². The number of nitrogens with zero attached hydrogens (tertiary/aromatic N) is 2. The molecule has 1 aromatic rings. The number of ether oxygens (including phenoxy) is 1. The van der Waals surface area contributed by atoms with Crippen LogP contribution in [-0.4, -0.2) is 106 Å². The lowest BCUT2D eigenvalue weighted by Crippen LogP contribution is -2.55. The monoisotopic (exact) mass is 566 g/mol. The van der Waals surface area contributed by atoms with Crippen molar-refractivity contribution in [2.75, 3.05) is 57.9 Å². The molecule has 9 nitrogen and oxygen atoms in total. The number of thioether (sulfide) groups is 1. The van der Waals surface area contributed by atoms with E-state index < -0.39 is 22.6 Å². The normalized spacial score (nSPS) is 34.2. The largest absolute Gasteiger partial charge is 0.395 e. The lowest BCUT2D eigenvalue weighted by Gasteiger charge is -2.35. The van der Waals surface area contributed by atoms with E-state index in [-0.39, 0.29) is 41.0 Å². The number of β-amino-alcohol motifs (C(OH)–C–C–N with tert-alkyl or cyclic N) is 1. The van der Waals surface area contributed by atoms with Crippen LogP contribution in [0.5, 0.6) is 0 Å². The van der Waals surface area contributed by atoms with Gasteiger partial charge in [-0.3, -0.25) is 19.3 Å². The molecule has 11 heteroatoms. The number of morpholine rings is 1. The zero-order chi connectivity index (χ0) is 24.6. The summed E-state index contributed by atoms with van der Waals surface area (Å²) in [6.45, 7) is 4.08. The fourth-order valence-electron chi connectivity index (χ4n) is 6.08. The quantitative estimate of drug-likeness (QED) is 0.393. The molecule has 4 aliphatic heterocycles. The van der Waals surface area contributed by atoms with Crippen LogP contribution in [0.2, 0.25) is 0 Å². The van der Waals surface area contributed by atoms with Gasteiger partial charge in [0, 0.05) is 48.5 Å². The van der Waals surface area contributed by atoms with Crippen molar-refractivity contribution >= 4 is 51.1 Å². The number of amides is 3. The van der Waals surface area contributed by atoms with Gasteiger partial charge in [0.15, 0.2) is 0 Å². The van der Waals surface area contributed by atoms with E-state index in [0.29, 0.717) is 38.4 Å². The summed E-state index contributed by atoms with van der Waals surface area (Å²) >= 11 is 5.35. The predicted molar refractivity (Wildman–Crippen MR) is 136 cm³/mol. The highest BCUT2D eigenvalue weighted by Gasteiger charge is 2.75. The third-order valence-corrected chi connectivity index (χ3v) is 10.8. The molecule has 3 amide bonds. The molecule has 4 aliphatic rings. The van der Waals surface area contributed by atoms with E-state index in [0.717, 1.165) is 13.1 Å². The standard InChI is InChI=1S/C24H31BrN4O5S/c25-16-14-24-18(17(19(16)35-24)21(31)27-15-4-2-1-3-5-15)23(33)29(8-11-30)20(24)22(32)26-6-7-28-9-12-34-13-10-28/h1-5,16-20,30H,6-14H2,(H,26,32)(H,27,31)/t16?,17-,18-,19-,20?,24?/m0/s1. The second-order valence-corrected chi connectivity index (χ2v) is 12.2. The first kappa shape index (κ1) is 25.0. The van der Waals surface area contributed by atoms with Crippen molar-refractivity contribution in [3.63, 3.8) is 0 Å². The second kappa shape index (κ2) is 10.4. The van der Waals surface area contributed by atoms with Gasteiger partial charge in [-0.05, 0) is 18.6 Å². The summed E-state index contributed by atoms with van der Waals surface area (Å²) in [5.74, 6) is -1.78. The molecule has 3 N–H and O–H groups in total. The molecule has 6 atom stereocenters. The lowest BCUT2D eigenvalue weighted by molar-refractivity contribution is -0.139. The third kappa shape index (κ3) is 4.50. The third-order valence-electron chi connectivity index (χ3n) is 7.55. The van der Waals surface area contributed by atoms with Crippen LogP contribution in [0.4, 0.5) is 5.69 Å². The summed E-state index contributed by atoms with van der Waals surface area (Å²) in [6.07, 6.45) is 0.622. The van der Waals surface area contributed by atoms with Crippen LogP contribution in [0, 0.1) is 11.8 Å². The number of carbonyl (C=O) groups excluding carboxylic acids is 3. The fraction of sp³-hybridized carbons (Fsp3) is 0.625. The SMILES string of the molecule is O=C(NCCN1CCOCC1)C1N(CCO)C(=O)[C@@H]2[C@H](C(=O)Nc3ccccc3)[C@H]3SC12CC3Br. The lowest BCUT2D eigenvalue weighted by atomic mass is 9.70. The number of aliphatic hydroxyl groups excluding tert-OH is 1. The van der Waals surface area contributed by atoms with Gasteiger partial charge in [-0.25, -0.2) is 0 Å². The fourth-order valence-corrected chi connectivity index (χ4v) is 9.70. The maximum atomic E-state index is 13.7. The van der Waals surface area contributed by atoms with Gasteiger partial charge in [-0.15, -0.1) is 11.8 Å². The first-order chi connectivity index (χ1) is 17.0. The van der Waals surface area contributed by atoms with Crippen molar-refractivity contribution in [1.29, 1.82) is 0 Å². The number of likely N-dealkylation sites (tertiary alicyclic amines) is 1. The van der Waals surface area contributed by atoms with Crippen molar-refractivity contribution in [2.45, 2.75) is 27.3 Å². The topological polar surface area (TPSA) is 111 Å². The molecule has 4 heterocycles. The minimum Gasteiger partial charge on any atom is -0.395 e. The van der Waals surface area contributed by atoms with Crippen molar-refractivity contribution in [1.82, 2.24) is 15.1 Å². The molecule has 190 valence electrons. The minimum atomic E-state index is -0.721. The highest BCUT2D eigenvalue weighted by Crippen LogP contribution is 2.67. The number of alkyl halides is 1. The Morgan fingerprint density at radius 3 is 2.63 bits per heavy atom. The molecule has 1 spiro atoms. The zero-order valence-corrected chi connectivity index (χ0v) is 21.8. The number of para-hydroxylation sites is 1. The number of hydrogen-bond donors (Lipinski definition) is 3. The zero-order valence-electron chi connectivity index (χ0n) is 19.4. The number of anilines is 1. The molecular formula is C24H31BrN4O5S. The van der Waals surface area contributed by atoms with Crippen molar-refractivity contribution in [2.24, 2.45) is 11.8 Å². The average molecular weight is 568 g/mol. The Bertz CT molecular complexity index is 964. The Morgan fingerprint density at radius 1 is 1.17 bits per heavy atom. The Hall–Kier alpha value is -1.66. The Kier molecular flexibility index (Phi) is 7.41. The van der Waals surface area contributed by atoms with Crippen LogP contribution >= 0.6 is 27.7 Å². The average Bonchev–Trinajstić information content (AvgIpc) is 3.44. The van der Waals surface area contributed by atoms with Crippen LogP contribution < -0.4 is 10.6 Å². The van der Waals surface area contributed by atoms with Gasteiger partial charge >= 0.3 is 0 Å². The van der Waals surface area contributed by atoms with E-state index in [1.54, 1.807) is 11.8 Å². The van der Waals surface area contributed by atoms with E-state index in [4.69, 9.17) is 4.74 Å².